The smallest absolute Gasteiger partial charge is 0.303 e. The van der Waals surface area contributed by atoms with Crippen LogP contribution in [0.25, 0.3) is 0 Å². The van der Waals surface area contributed by atoms with E-state index in [0.29, 0.717) is 6.61 Å². The van der Waals surface area contributed by atoms with E-state index in [0.717, 1.165) is 12.8 Å². The van der Waals surface area contributed by atoms with Crippen LogP contribution in [0.2, 0.25) is 0 Å². The zero-order chi connectivity index (χ0) is 24.5. The highest BCUT2D eigenvalue weighted by molar-refractivity contribution is 5.66. The summed E-state index contributed by atoms with van der Waals surface area (Å²) in [6.45, 7) is 11.3. The maximum absolute atomic E-state index is 12.1. The van der Waals surface area contributed by atoms with Crippen molar-refractivity contribution < 1.29 is 47.5 Å². The first-order chi connectivity index (χ1) is 15.8. The largest absolute Gasteiger partial charge is 0.456 e. The van der Waals surface area contributed by atoms with Gasteiger partial charge in [-0.15, -0.1) is 0 Å². The van der Waals surface area contributed by atoms with E-state index < -0.39 is 53.7 Å². The fraction of sp³-hybridized carbons (Fsp3) is 0.917. The molecule has 0 radical (unpaired) electrons. The minimum Gasteiger partial charge on any atom is -0.456 e. The van der Waals surface area contributed by atoms with Crippen molar-refractivity contribution in [3.05, 3.63) is 0 Å². The molecule has 8 atom stereocenters. The van der Waals surface area contributed by atoms with Crippen LogP contribution in [0.1, 0.15) is 54.4 Å². The first-order valence-electron chi connectivity index (χ1n) is 12.1. The molecule has 192 valence electrons. The predicted octanol–water partition coefficient (Wildman–Crippen LogP) is 1.92. The van der Waals surface area contributed by atoms with Gasteiger partial charge in [0.2, 0.25) is 11.6 Å². The monoisotopic (exact) mass is 484 g/mol. The highest BCUT2D eigenvalue weighted by Gasteiger charge is 2.66. The van der Waals surface area contributed by atoms with Gasteiger partial charge in [-0.1, -0.05) is 13.8 Å². The average molecular weight is 485 g/mol. The zero-order valence-electron chi connectivity index (χ0n) is 20.8. The molecule has 4 aliphatic heterocycles. The normalized spacial score (nSPS) is 46.6. The lowest BCUT2D eigenvalue weighted by atomic mass is 9.82. The van der Waals surface area contributed by atoms with E-state index in [1.54, 1.807) is 13.8 Å². The molecule has 0 aromatic heterocycles. The molecule has 4 heterocycles. The van der Waals surface area contributed by atoms with E-state index in [2.05, 4.69) is 13.8 Å². The van der Waals surface area contributed by atoms with Crippen molar-refractivity contribution >= 4 is 11.9 Å². The molecular formula is C24H36O10. The van der Waals surface area contributed by atoms with Gasteiger partial charge in [0.15, 0.2) is 18.0 Å². The summed E-state index contributed by atoms with van der Waals surface area (Å²) < 4.78 is 48.5. The van der Waals surface area contributed by atoms with E-state index >= 15 is 0 Å². The van der Waals surface area contributed by atoms with Gasteiger partial charge in [0, 0.05) is 19.8 Å². The fourth-order valence-electron chi connectivity index (χ4n) is 6.46. The van der Waals surface area contributed by atoms with Crippen LogP contribution in [0.4, 0.5) is 0 Å². The van der Waals surface area contributed by atoms with E-state index in [9.17, 15) is 9.59 Å². The maximum atomic E-state index is 12.1. The molecule has 0 aromatic carbocycles. The first kappa shape index (κ1) is 24.4. The van der Waals surface area contributed by atoms with E-state index in [-0.39, 0.29) is 37.1 Å². The Kier molecular flexibility index (Phi) is 5.82. The summed E-state index contributed by atoms with van der Waals surface area (Å²) in [6.07, 6.45) is -0.628. The van der Waals surface area contributed by atoms with Gasteiger partial charge in [-0.2, -0.15) is 0 Å². The summed E-state index contributed by atoms with van der Waals surface area (Å²) in [5, 5.41) is 0. The van der Waals surface area contributed by atoms with Gasteiger partial charge in [-0.3, -0.25) is 9.59 Å². The number of carbonyl (C=O) groups excluding carboxylic acids is 2. The SMILES string of the molecule is CC(=O)O[C@H]1[C@@H]2CC(C)(C)C[C@@H]2CO[C@]12CO[C@]1(CO2)OC[C@H]2OC(C)(C)O[C@H]2[C@@H]1OC(C)=O. The topological polar surface area (TPSA) is 108 Å². The first-order valence-corrected chi connectivity index (χ1v) is 12.1. The van der Waals surface area contributed by atoms with Crippen molar-refractivity contribution in [2.75, 3.05) is 26.4 Å². The molecule has 10 nitrogen and oxygen atoms in total. The van der Waals surface area contributed by atoms with Gasteiger partial charge in [0.05, 0.1) is 13.2 Å². The number of esters is 2. The molecule has 2 spiro atoms. The van der Waals surface area contributed by atoms with Gasteiger partial charge < -0.3 is 37.9 Å². The second-order valence-electron chi connectivity index (χ2n) is 11.5. The summed E-state index contributed by atoms with van der Waals surface area (Å²) in [5.41, 5.74) is 0.119. The predicted molar refractivity (Wildman–Crippen MR) is 114 cm³/mol. The molecule has 5 fully saturated rings. The second kappa shape index (κ2) is 8.11. The molecule has 34 heavy (non-hydrogen) atoms. The molecule has 5 aliphatic rings. The third kappa shape index (κ3) is 4.16. The van der Waals surface area contributed by atoms with Crippen LogP contribution < -0.4 is 0 Å². The Morgan fingerprint density at radius 3 is 1.97 bits per heavy atom. The summed E-state index contributed by atoms with van der Waals surface area (Å²) >= 11 is 0. The average Bonchev–Trinajstić information content (AvgIpc) is 3.22. The molecule has 5 rings (SSSR count). The van der Waals surface area contributed by atoms with Gasteiger partial charge in [-0.05, 0) is 38.0 Å². The Hall–Kier alpha value is -1.30. The number of hydrogen-bond acceptors (Lipinski definition) is 10. The minimum atomic E-state index is -1.39. The Labute approximate surface area is 199 Å². The van der Waals surface area contributed by atoms with Crippen LogP contribution in [0.15, 0.2) is 0 Å². The number of hydrogen-bond donors (Lipinski definition) is 0. The van der Waals surface area contributed by atoms with Crippen LogP contribution in [0.5, 0.6) is 0 Å². The van der Waals surface area contributed by atoms with Crippen molar-refractivity contribution in [1.29, 1.82) is 0 Å². The second-order valence-corrected chi connectivity index (χ2v) is 11.5. The van der Waals surface area contributed by atoms with Crippen molar-refractivity contribution in [3.8, 4) is 0 Å². The molecule has 0 unspecified atom stereocenters. The summed E-state index contributed by atoms with van der Waals surface area (Å²) in [7, 11) is 0. The Morgan fingerprint density at radius 2 is 1.35 bits per heavy atom. The Bertz CT molecular complexity index is 762. The molecule has 1 saturated carbocycles. The van der Waals surface area contributed by atoms with E-state index in [4.69, 9.17) is 37.9 Å². The summed E-state index contributed by atoms with van der Waals surface area (Å²) in [5.74, 6) is -4.01. The van der Waals surface area contributed by atoms with Gasteiger partial charge in [-0.25, -0.2) is 0 Å². The van der Waals surface area contributed by atoms with Crippen LogP contribution in [0, 0.1) is 17.3 Å². The molecule has 4 saturated heterocycles. The minimum absolute atomic E-state index is 0.0476. The van der Waals surface area contributed by atoms with E-state index in [1.165, 1.54) is 13.8 Å². The Morgan fingerprint density at radius 1 is 0.765 bits per heavy atom. The lowest BCUT2D eigenvalue weighted by Crippen LogP contribution is -2.72. The van der Waals surface area contributed by atoms with Gasteiger partial charge in [0.1, 0.15) is 25.4 Å². The molecule has 1 aliphatic carbocycles. The lowest BCUT2D eigenvalue weighted by molar-refractivity contribution is -0.443. The highest BCUT2D eigenvalue weighted by Crippen LogP contribution is 2.54. The van der Waals surface area contributed by atoms with Gasteiger partial charge >= 0.3 is 11.9 Å². The standard InChI is InChI=1S/C24H36O10/c1-13(25)31-19-16-8-21(3,4)7-15(16)9-27-23(19)11-30-24(12-29-23)20(32-14(2)26)18-17(10-28-24)33-22(5,6)34-18/h15-20H,7-12H2,1-6H3/t15-,16-,17-,18-,19+,20+,23+,24+/m1/s1. The number of rotatable bonds is 2. The Balaban J connectivity index is 1.39. The fourth-order valence-corrected chi connectivity index (χ4v) is 6.46. The van der Waals surface area contributed by atoms with Crippen molar-refractivity contribution in [3.63, 3.8) is 0 Å². The zero-order valence-corrected chi connectivity index (χ0v) is 20.8. The van der Waals surface area contributed by atoms with Gasteiger partial charge in [0.25, 0.3) is 0 Å². The number of carbonyl (C=O) groups is 2. The van der Waals surface area contributed by atoms with E-state index in [1.807, 2.05) is 0 Å². The third-order valence-electron chi connectivity index (χ3n) is 7.64. The number of ether oxygens (including phenoxy) is 8. The van der Waals surface area contributed by atoms with Crippen LogP contribution >= 0.6 is 0 Å². The highest BCUT2D eigenvalue weighted by atomic mass is 16.8. The molecule has 0 N–H and O–H groups in total. The van der Waals surface area contributed by atoms with Crippen molar-refractivity contribution in [1.82, 2.24) is 0 Å². The quantitative estimate of drug-likeness (QED) is 0.540. The third-order valence-corrected chi connectivity index (χ3v) is 7.64. The van der Waals surface area contributed by atoms with Crippen molar-refractivity contribution in [2.24, 2.45) is 17.3 Å². The summed E-state index contributed by atoms with van der Waals surface area (Å²) in [6, 6.07) is 0. The molecule has 0 bridgehead atoms. The van der Waals surface area contributed by atoms with Crippen LogP contribution in [-0.4, -0.2) is 80.1 Å². The maximum Gasteiger partial charge on any atom is 0.303 e. The molecular weight excluding hydrogens is 448 g/mol. The number of fused-ring (bicyclic) bond motifs is 2. The molecule has 10 heteroatoms. The van der Waals surface area contributed by atoms with Crippen LogP contribution in [-0.2, 0) is 47.5 Å². The molecule has 0 amide bonds. The van der Waals surface area contributed by atoms with Crippen LogP contribution in [0.3, 0.4) is 0 Å². The summed E-state index contributed by atoms with van der Waals surface area (Å²) in [4.78, 5) is 24.0. The molecule has 0 aromatic rings. The van der Waals surface area contributed by atoms with Crippen molar-refractivity contribution in [2.45, 2.75) is 96.2 Å². The lowest BCUT2D eigenvalue weighted by Gasteiger charge is -2.55.